The Kier molecular flexibility index (Phi) is 4.49. The van der Waals surface area contributed by atoms with E-state index in [0.29, 0.717) is 31.1 Å². The summed E-state index contributed by atoms with van der Waals surface area (Å²) in [5.74, 6) is 0.841. The smallest absolute Gasteiger partial charge is 0.157 e. The quantitative estimate of drug-likeness (QED) is 0.853. The van der Waals surface area contributed by atoms with E-state index in [1.165, 1.54) is 0 Å². The Morgan fingerprint density at radius 2 is 2.17 bits per heavy atom. The van der Waals surface area contributed by atoms with E-state index in [1.54, 1.807) is 23.0 Å². The largest absolute Gasteiger partial charge is 0.506 e. The van der Waals surface area contributed by atoms with Gasteiger partial charge in [-0.2, -0.15) is 5.10 Å². The highest BCUT2D eigenvalue weighted by atomic mass is 16.5. The maximum absolute atomic E-state index is 10.2. The number of aryl methyl sites for hydroxylation is 2. The van der Waals surface area contributed by atoms with Gasteiger partial charge in [0.2, 0.25) is 0 Å². The first-order chi connectivity index (χ1) is 11.0. The molecule has 7 nitrogen and oxygen atoms in total. The molecule has 0 radical (unpaired) electrons. The number of rotatable bonds is 5. The van der Waals surface area contributed by atoms with Gasteiger partial charge < -0.3 is 14.9 Å². The number of hydrogen-bond acceptors (Lipinski definition) is 6. The Labute approximate surface area is 135 Å². The van der Waals surface area contributed by atoms with E-state index in [-0.39, 0.29) is 11.9 Å². The van der Waals surface area contributed by atoms with Crippen LogP contribution in [0.25, 0.3) is 0 Å². The van der Waals surface area contributed by atoms with Crippen LogP contribution < -0.4 is 4.74 Å². The van der Waals surface area contributed by atoms with E-state index in [9.17, 15) is 10.2 Å². The zero-order chi connectivity index (χ0) is 16.4. The third-order valence-corrected chi connectivity index (χ3v) is 4.00. The highest BCUT2D eigenvalue weighted by Crippen LogP contribution is 2.22. The number of β-amino-alcohol motifs (C(OH)–C–C–N with tert-alkyl or cyclic N) is 1. The molecule has 1 aliphatic rings. The Balaban J connectivity index is 1.62. The molecule has 1 saturated heterocycles. The fourth-order valence-electron chi connectivity index (χ4n) is 2.76. The van der Waals surface area contributed by atoms with Crippen molar-refractivity contribution in [3.05, 3.63) is 35.9 Å². The molecule has 0 amide bonds. The van der Waals surface area contributed by atoms with E-state index in [2.05, 4.69) is 10.1 Å². The van der Waals surface area contributed by atoms with Crippen molar-refractivity contribution in [2.45, 2.75) is 39.1 Å². The minimum atomic E-state index is -0.577. The summed E-state index contributed by atoms with van der Waals surface area (Å²) in [6.07, 6.45) is 2.60. The standard InChI is InChI=1S/C16H22N4O3/c1-3-20-7-12(6-17-20)23-16-10-19(9-15(16)22)8-13-14(21)5-4-11(2)18-13/h4-7,15-16,21-22H,3,8-10H2,1-2H3/t15-,16-/m1/s1. The summed E-state index contributed by atoms with van der Waals surface area (Å²) in [7, 11) is 0. The molecule has 1 aliphatic heterocycles. The molecule has 0 bridgehead atoms. The van der Waals surface area contributed by atoms with E-state index in [4.69, 9.17) is 4.74 Å². The molecule has 0 unspecified atom stereocenters. The van der Waals surface area contributed by atoms with Crippen molar-refractivity contribution < 1.29 is 14.9 Å². The molecule has 3 heterocycles. The van der Waals surface area contributed by atoms with Crippen molar-refractivity contribution in [3.63, 3.8) is 0 Å². The number of aliphatic hydroxyl groups is 1. The van der Waals surface area contributed by atoms with Gasteiger partial charge in [0.1, 0.15) is 18.0 Å². The molecule has 1 fully saturated rings. The third kappa shape index (κ3) is 3.62. The van der Waals surface area contributed by atoms with Gasteiger partial charge in [0.05, 0.1) is 18.1 Å². The SMILES string of the molecule is CCn1cc(O[C@@H]2CN(Cc3nc(C)ccc3O)C[C@H]2O)cn1. The lowest BCUT2D eigenvalue weighted by atomic mass is 10.2. The number of aromatic nitrogens is 3. The van der Waals surface area contributed by atoms with Crippen molar-refractivity contribution in [2.24, 2.45) is 0 Å². The van der Waals surface area contributed by atoms with Crippen LogP contribution in [0.15, 0.2) is 24.5 Å². The summed E-state index contributed by atoms with van der Waals surface area (Å²) in [5.41, 5.74) is 1.48. The predicted molar refractivity (Wildman–Crippen MR) is 84.2 cm³/mol. The van der Waals surface area contributed by atoms with Gasteiger partial charge in [-0.15, -0.1) is 0 Å². The topological polar surface area (TPSA) is 83.6 Å². The fraction of sp³-hybridized carbons (Fsp3) is 0.500. The van der Waals surface area contributed by atoms with Crippen LogP contribution in [0.1, 0.15) is 18.3 Å². The first-order valence-corrected chi connectivity index (χ1v) is 7.80. The number of hydrogen-bond donors (Lipinski definition) is 2. The second kappa shape index (κ2) is 6.55. The van der Waals surface area contributed by atoms with Crippen LogP contribution in [0.4, 0.5) is 0 Å². The first kappa shape index (κ1) is 15.8. The van der Waals surface area contributed by atoms with E-state index >= 15 is 0 Å². The highest BCUT2D eigenvalue weighted by molar-refractivity contribution is 5.27. The molecule has 2 aromatic heterocycles. The number of likely N-dealkylation sites (tertiary alicyclic amines) is 1. The van der Waals surface area contributed by atoms with Gasteiger partial charge in [0, 0.05) is 31.9 Å². The lowest BCUT2D eigenvalue weighted by molar-refractivity contribution is 0.0736. The van der Waals surface area contributed by atoms with E-state index < -0.39 is 6.10 Å². The molecule has 0 aromatic carbocycles. The number of ether oxygens (including phenoxy) is 1. The number of aromatic hydroxyl groups is 1. The lowest BCUT2D eigenvalue weighted by Crippen LogP contribution is -2.29. The molecule has 0 saturated carbocycles. The summed E-state index contributed by atoms with van der Waals surface area (Å²) in [4.78, 5) is 6.39. The molecule has 2 aromatic rings. The van der Waals surface area contributed by atoms with Gasteiger partial charge in [0.15, 0.2) is 5.75 Å². The molecule has 7 heteroatoms. The second-order valence-electron chi connectivity index (χ2n) is 5.87. The van der Waals surface area contributed by atoms with Crippen molar-refractivity contribution in [1.82, 2.24) is 19.7 Å². The summed E-state index contributed by atoms with van der Waals surface area (Å²) < 4.78 is 7.61. The van der Waals surface area contributed by atoms with Crippen LogP contribution in [0.5, 0.6) is 11.5 Å². The molecular formula is C16H22N4O3. The Hall–Kier alpha value is -2.12. The Morgan fingerprint density at radius 1 is 1.35 bits per heavy atom. The van der Waals surface area contributed by atoms with Gasteiger partial charge in [-0.25, -0.2) is 0 Å². The molecule has 3 rings (SSSR count). The maximum atomic E-state index is 10.2. The van der Waals surface area contributed by atoms with E-state index in [0.717, 1.165) is 12.2 Å². The van der Waals surface area contributed by atoms with Crippen molar-refractivity contribution >= 4 is 0 Å². The molecule has 2 atom stereocenters. The summed E-state index contributed by atoms with van der Waals surface area (Å²) in [5, 5.41) is 24.3. The summed E-state index contributed by atoms with van der Waals surface area (Å²) in [6, 6.07) is 3.42. The zero-order valence-corrected chi connectivity index (χ0v) is 13.4. The van der Waals surface area contributed by atoms with Gasteiger partial charge in [-0.3, -0.25) is 14.6 Å². The van der Waals surface area contributed by atoms with Crippen LogP contribution >= 0.6 is 0 Å². The minimum Gasteiger partial charge on any atom is -0.506 e. The first-order valence-electron chi connectivity index (χ1n) is 7.80. The fourth-order valence-corrected chi connectivity index (χ4v) is 2.76. The Bertz CT molecular complexity index is 673. The highest BCUT2D eigenvalue weighted by Gasteiger charge is 2.33. The number of aliphatic hydroxyl groups excluding tert-OH is 1. The van der Waals surface area contributed by atoms with Crippen molar-refractivity contribution in [1.29, 1.82) is 0 Å². The van der Waals surface area contributed by atoms with Crippen LogP contribution in [0.3, 0.4) is 0 Å². The third-order valence-electron chi connectivity index (χ3n) is 4.00. The summed E-state index contributed by atoms with van der Waals surface area (Å²) >= 11 is 0. The van der Waals surface area contributed by atoms with Gasteiger partial charge in [-0.1, -0.05) is 0 Å². The van der Waals surface area contributed by atoms with Crippen molar-refractivity contribution in [3.8, 4) is 11.5 Å². The number of nitrogens with zero attached hydrogens (tertiary/aromatic N) is 4. The minimum absolute atomic E-state index is 0.179. The monoisotopic (exact) mass is 318 g/mol. The Morgan fingerprint density at radius 3 is 2.91 bits per heavy atom. The normalized spacial score (nSPS) is 21.7. The van der Waals surface area contributed by atoms with Crippen molar-refractivity contribution in [2.75, 3.05) is 13.1 Å². The predicted octanol–water partition coefficient (Wildman–Crippen LogP) is 0.936. The second-order valence-corrected chi connectivity index (χ2v) is 5.87. The average Bonchev–Trinajstić information content (AvgIpc) is 3.10. The van der Waals surface area contributed by atoms with Gasteiger partial charge in [0.25, 0.3) is 0 Å². The molecular weight excluding hydrogens is 296 g/mol. The van der Waals surface area contributed by atoms with Crippen LogP contribution in [0, 0.1) is 6.92 Å². The zero-order valence-electron chi connectivity index (χ0n) is 13.4. The molecule has 124 valence electrons. The molecule has 2 N–H and O–H groups in total. The summed E-state index contributed by atoms with van der Waals surface area (Å²) in [6.45, 7) is 6.22. The molecule has 0 aliphatic carbocycles. The van der Waals surface area contributed by atoms with Gasteiger partial charge in [-0.05, 0) is 26.0 Å². The maximum Gasteiger partial charge on any atom is 0.157 e. The van der Waals surface area contributed by atoms with Gasteiger partial charge >= 0.3 is 0 Å². The molecule has 0 spiro atoms. The average molecular weight is 318 g/mol. The van der Waals surface area contributed by atoms with E-state index in [1.807, 2.05) is 24.9 Å². The van der Waals surface area contributed by atoms with Crippen LogP contribution in [0.2, 0.25) is 0 Å². The number of pyridine rings is 1. The molecule has 23 heavy (non-hydrogen) atoms. The van der Waals surface area contributed by atoms with Crippen LogP contribution in [-0.4, -0.2) is 55.2 Å². The van der Waals surface area contributed by atoms with Crippen LogP contribution in [-0.2, 0) is 13.1 Å². The lowest BCUT2D eigenvalue weighted by Gasteiger charge is -2.16.